The summed E-state index contributed by atoms with van der Waals surface area (Å²) in [5, 5.41) is 0.624. The molecule has 19 heavy (non-hydrogen) atoms. The lowest BCUT2D eigenvalue weighted by Crippen LogP contribution is -2.41. The van der Waals surface area contributed by atoms with E-state index in [1.807, 2.05) is 13.8 Å². The zero-order valence-electron chi connectivity index (χ0n) is 13.7. The van der Waals surface area contributed by atoms with Crippen molar-refractivity contribution in [2.45, 2.75) is 63.6 Å². The summed E-state index contributed by atoms with van der Waals surface area (Å²) in [6.07, 6.45) is 5.89. The van der Waals surface area contributed by atoms with Crippen LogP contribution < -0.4 is 0 Å². The molecule has 0 fully saturated rings. The van der Waals surface area contributed by atoms with Gasteiger partial charge in [-0.15, -0.1) is 0 Å². The molecule has 0 N–H and O–H groups in total. The van der Waals surface area contributed by atoms with Crippen LogP contribution in [0.4, 0.5) is 4.79 Å². The van der Waals surface area contributed by atoms with Gasteiger partial charge in [-0.05, 0) is 42.8 Å². The first-order valence-corrected chi connectivity index (χ1v) is 9.09. The molecule has 0 aliphatic carbocycles. The van der Waals surface area contributed by atoms with E-state index in [0.29, 0.717) is 5.25 Å². The Morgan fingerprint density at radius 2 is 1.74 bits per heavy atom. The Labute approximate surface area is 120 Å². The Morgan fingerprint density at radius 3 is 2.11 bits per heavy atom. The molecule has 0 bridgehead atoms. The van der Waals surface area contributed by atoms with E-state index in [4.69, 9.17) is 4.74 Å². The number of hydrogen-bond acceptors (Lipinski definition) is 3. The molecule has 0 saturated heterocycles. The van der Waals surface area contributed by atoms with E-state index in [1.165, 1.54) is 0 Å². The van der Waals surface area contributed by atoms with Gasteiger partial charge in [-0.2, -0.15) is 0 Å². The highest BCUT2D eigenvalue weighted by molar-refractivity contribution is 8.34. The number of carbonyl (C=O) groups excluding carboxylic acids is 1. The molecule has 0 amide bonds. The van der Waals surface area contributed by atoms with Gasteiger partial charge in [0.1, 0.15) is 5.60 Å². The van der Waals surface area contributed by atoms with Crippen LogP contribution in [0.15, 0.2) is 12.8 Å². The maximum atomic E-state index is 11.4. The molecule has 0 saturated carbocycles. The van der Waals surface area contributed by atoms with Crippen molar-refractivity contribution >= 4 is 16.2 Å². The fraction of sp³-hybridized carbons (Fsp3) is 0.800. The zero-order chi connectivity index (χ0) is 15.5. The zero-order valence-corrected chi connectivity index (χ0v) is 14.5. The average Bonchev–Trinajstić information content (AvgIpc) is 2.13. The molecule has 0 atom stereocenters. The second-order valence-electron chi connectivity index (χ2n) is 6.79. The van der Waals surface area contributed by atoms with Crippen LogP contribution in [-0.2, 0) is 9.47 Å². The van der Waals surface area contributed by atoms with Gasteiger partial charge in [-0.1, -0.05) is 34.3 Å². The van der Waals surface area contributed by atoms with Gasteiger partial charge in [0.2, 0.25) is 0 Å². The molecule has 0 aliphatic rings. The van der Waals surface area contributed by atoms with Gasteiger partial charge < -0.3 is 9.47 Å². The molecule has 0 rings (SSSR count). The molecule has 114 valence electrons. The summed E-state index contributed by atoms with van der Waals surface area (Å²) in [5.41, 5.74) is -0.553. The monoisotopic (exact) mass is 290 g/mol. The van der Waals surface area contributed by atoms with Crippen LogP contribution in [0, 0.1) is 0 Å². The van der Waals surface area contributed by atoms with E-state index in [2.05, 4.69) is 51.5 Å². The molecule has 0 aromatic heterocycles. The molecular formula is C15H30O3S. The lowest BCUT2D eigenvalue weighted by molar-refractivity contribution is -0.00824. The minimum absolute atomic E-state index is 0.110. The second-order valence-corrected chi connectivity index (χ2v) is 11.6. The highest BCUT2D eigenvalue weighted by Gasteiger charge is 2.40. The van der Waals surface area contributed by atoms with E-state index >= 15 is 0 Å². The van der Waals surface area contributed by atoms with Crippen molar-refractivity contribution in [1.82, 2.24) is 0 Å². The lowest BCUT2D eigenvalue weighted by atomic mass is 9.95. The Bertz CT molecular complexity index is 330. The van der Waals surface area contributed by atoms with Crippen LogP contribution in [0.2, 0.25) is 0 Å². The summed E-state index contributed by atoms with van der Waals surface area (Å²) in [6.45, 7) is 16.2. The van der Waals surface area contributed by atoms with Crippen LogP contribution >= 0.6 is 10.0 Å². The van der Waals surface area contributed by atoms with Crippen molar-refractivity contribution in [2.75, 3.05) is 12.5 Å². The lowest BCUT2D eigenvalue weighted by Gasteiger charge is -2.52. The summed E-state index contributed by atoms with van der Waals surface area (Å²) >= 11 is 0. The first kappa shape index (κ1) is 18.4. The third-order valence-corrected chi connectivity index (χ3v) is 9.34. The van der Waals surface area contributed by atoms with Crippen molar-refractivity contribution in [3.05, 3.63) is 12.8 Å². The van der Waals surface area contributed by atoms with Crippen LogP contribution in [0.3, 0.4) is 0 Å². The Balaban J connectivity index is 4.90. The summed E-state index contributed by atoms with van der Waals surface area (Å²) < 4.78 is 10.1. The van der Waals surface area contributed by atoms with Gasteiger partial charge in [0.25, 0.3) is 0 Å². The van der Waals surface area contributed by atoms with Gasteiger partial charge in [0.15, 0.2) is 0 Å². The standard InChI is InChI=1S/C15H30O3S/c1-10-17-13(16)18-14(4,5)11-15(6,7)19(8,9)12(2)3/h10,12H,1,11H2,2-9H3. The number of rotatable bonds is 6. The predicted molar refractivity (Wildman–Crippen MR) is 85.1 cm³/mol. The SMILES string of the molecule is C=COC(=O)OC(C)(C)CC(C)(C)S(C)(C)C(C)C. The third-order valence-electron chi connectivity index (χ3n) is 3.99. The second kappa shape index (κ2) is 6.21. The molecule has 4 heteroatoms. The molecule has 0 aromatic carbocycles. The highest BCUT2D eigenvalue weighted by Crippen LogP contribution is 2.59. The Hall–Kier alpha value is -0.640. The molecule has 0 unspecified atom stereocenters. The van der Waals surface area contributed by atoms with Crippen LogP contribution in [-0.4, -0.2) is 34.3 Å². The molecule has 0 aromatic rings. The van der Waals surface area contributed by atoms with E-state index in [9.17, 15) is 4.79 Å². The number of ether oxygens (including phenoxy) is 2. The van der Waals surface area contributed by atoms with Gasteiger partial charge in [0.05, 0.1) is 6.26 Å². The minimum Gasteiger partial charge on any atom is -0.428 e. The largest absolute Gasteiger partial charge is 0.513 e. The van der Waals surface area contributed by atoms with E-state index in [0.717, 1.165) is 12.7 Å². The molecule has 0 aliphatic heterocycles. The van der Waals surface area contributed by atoms with E-state index in [-0.39, 0.29) is 4.75 Å². The summed E-state index contributed by atoms with van der Waals surface area (Å²) in [4.78, 5) is 11.4. The Kier molecular flexibility index (Phi) is 6.00. The van der Waals surface area contributed by atoms with Crippen molar-refractivity contribution in [2.24, 2.45) is 0 Å². The maximum Gasteiger partial charge on any atom is 0.513 e. The Morgan fingerprint density at radius 1 is 1.26 bits per heavy atom. The first-order chi connectivity index (χ1) is 8.35. The summed E-state index contributed by atoms with van der Waals surface area (Å²) in [7, 11) is -0.810. The van der Waals surface area contributed by atoms with Gasteiger partial charge in [0, 0.05) is 0 Å². The topological polar surface area (TPSA) is 35.5 Å². The highest BCUT2D eigenvalue weighted by atomic mass is 32.3. The van der Waals surface area contributed by atoms with E-state index < -0.39 is 21.8 Å². The number of carbonyl (C=O) groups is 1. The van der Waals surface area contributed by atoms with E-state index in [1.54, 1.807) is 0 Å². The molecular weight excluding hydrogens is 260 g/mol. The fourth-order valence-corrected chi connectivity index (χ4v) is 4.20. The minimum atomic E-state index is -0.810. The fourth-order valence-electron chi connectivity index (χ4n) is 2.20. The van der Waals surface area contributed by atoms with Crippen molar-refractivity contribution in [3.8, 4) is 0 Å². The van der Waals surface area contributed by atoms with Crippen LogP contribution in [0.5, 0.6) is 0 Å². The number of hydrogen-bond donors (Lipinski definition) is 0. The molecule has 0 spiro atoms. The van der Waals surface area contributed by atoms with Crippen molar-refractivity contribution in [3.63, 3.8) is 0 Å². The van der Waals surface area contributed by atoms with Crippen molar-refractivity contribution < 1.29 is 14.3 Å². The summed E-state index contributed by atoms with van der Waals surface area (Å²) in [5.74, 6) is 0. The van der Waals surface area contributed by atoms with Gasteiger partial charge >= 0.3 is 6.16 Å². The molecule has 3 nitrogen and oxygen atoms in total. The predicted octanol–water partition coefficient (Wildman–Crippen LogP) is 4.70. The average molecular weight is 290 g/mol. The van der Waals surface area contributed by atoms with Gasteiger partial charge in [-0.25, -0.2) is 14.8 Å². The van der Waals surface area contributed by atoms with Crippen molar-refractivity contribution in [1.29, 1.82) is 0 Å². The van der Waals surface area contributed by atoms with Gasteiger partial charge in [-0.3, -0.25) is 0 Å². The maximum absolute atomic E-state index is 11.4. The first-order valence-electron chi connectivity index (χ1n) is 6.58. The third kappa shape index (κ3) is 5.09. The normalized spacial score (nSPS) is 14.2. The molecule has 0 radical (unpaired) electrons. The molecule has 0 heterocycles. The van der Waals surface area contributed by atoms with Crippen LogP contribution in [0.1, 0.15) is 48.0 Å². The summed E-state index contributed by atoms with van der Waals surface area (Å²) in [6, 6.07) is 0. The smallest absolute Gasteiger partial charge is 0.428 e. The quantitative estimate of drug-likeness (QED) is 0.525. The van der Waals surface area contributed by atoms with Crippen LogP contribution in [0.25, 0.3) is 0 Å².